The van der Waals surface area contributed by atoms with Gasteiger partial charge < -0.3 is 32.0 Å². The molecule has 2 N–H and O–H groups in total. The molecule has 0 amide bonds. The van der Waals surface area contributed by atoms with Crippen LogP contribution < -0.4 is 10.3 Å². The van der Waals surface area contributed by atoms with Crippen molar-refractivity contribution in [3.8, 4) is 0 Å². The van der Waals surface area contributed by atoms with Crippen LogP contribution in [0.15, 0.2) is 30.5 Å². The van der Waals surface area contributed by atoms with Gasteiger partial charge in [-0.05, 0) is 50.9 Å². The Bertz CT molecular complexity index is 702. The Morgan fingerprint density at radius 1 is 1.07 bits per heavy atom. The average molecular weight is 476 g/mol. The maximum Gasteiger partial charge on any atom is 0.214 e. The second-order valence-corrected chi connectivity index (χ2v) is 7.11. The first-order chi connectivity index (χ1) is 13.6. The number of nitrogens with zero attached hydrogens (tertiary/aromatic N) is 1. The van der Waals surface area contributed by atoms with E-state index in [1.54, 1.807) is 0 Å². The summed E-state index contributed by atoms with van der Waals surface area (Å²) in [6.07, 6.45) is 6.05. The minimum Gasteiger partial charge on any atom is -0.545 e. The predicted octanol–water partition coefficient (Wildman–Crippen LogP) is 3.32. The molecule has 8 heteroatoms. The second kappa shape index (κ2) is 19.2. The number of hydrogen-bond donors (Lipinski definition) is 1. The van der Waals surface area contributed by atoms with E-state index in [-0.39, 0.29) is 24.5 Å². The third-order valence-corrected chi connectivity index (χ3v) is 4.97. The normalized spacial score (nSPS) is 16.3. The minimum atomic E-state index is 0. The van der Waals surface area contributed by atoms with Gasteiger partial charge in [-0.15, -0.1) is 0 Å². The van der Waals surface area contributed by atoms with E-state index in [9.17, 15) is 0 Å². The van der Waals surface area contributed by atoms with E-state index in [0.29, 0.717) is 0 Å². The van der Waals surface area contributed by atoms with Crippen LogP contribution in [0.2, 0.25) is 5.02 Å². The molecule has 0 spiro atoms. The van der Waals surface area contributed by atoms with Crippen LogP contribution >= 0.6 is 11.6 Å². The van der Waals surface area contributed by atoms with Gasteiger partial charge in [0.05, 0.1) is 11.1 Å². The van der Waals surface area contributed by atoms with Gasteiger partial charge in [-0.2, -0.15) is 0 Å². The summed E-state index contributed by atoms with van der Waals surface area (Å²) in [5, 5.41) is 5.64. The maximum absolute atomic E-state index is 7.75. The van der Waals surface area contributed by atoms with Gasteiger partial charge in [0.1, 0.15) is 0 Å². The molecule has 1 fully saturated rings. The number of rotatable bonds is 5. The number of hydrogen-bond acceptors (Lipinski definition) is 5. The monoisotopic (exact) mass is 475 g/mol. The fourth-order valence-corrected chi connectivity index (χ4v) is 3.83. The summed E-state index contributed by atoms with van der Waals surface area (Å²) in [6.45, 7) is 12.0. The van der Waals surface area contributed by atoms with E-state index in [2.05, 4.69) is 61.8 Å². The van der Waals surface area contributed by atoms with Gasteiger partial charge in [-0.1, -0.05) is 18.0 Å². The van der Waals surface area contributed by atoms with Crippen molar-refractivity contribution in [3.05, 3.63) is 42.9 Å². The largest absolute Gasteiger partial charge is 0.545 e. The molecular weight excluding hydrogens is 445 g/mol. The van der Waals surface area contributed by atoms with Crippen LogP contribution in [0.4, 0.5) is 5.69 Å². The number of anilines is 1. The van der Waals surface area contributed by atoms with Crippen LogP contribution in [-0.4, -0.2) is 52.5 Å². The van der Waals surface area contributed by atoms with Crippen molar-refractivity contribution < 1.29 is 36.4 Å². The quantitative estimate of drug-likeness (QED) is 0.407. The number of aromatic amines is 1. The molecule has 30 heavy (non-hydrogen) atoms. The van der Waals surface area contributed by atoms with Crippen LogP contribution in [-0.2, 0) is 31.5 Å². The molecule has 0 bridgehead atoms. The zero-order valence-electron chi connectivity index (χ0n) is 17.7. The molecule has 0 aliphatic heterocycles. The van der Waals surface area contributed by atoms with Gasteiger partial charge in [-0.25, -0.2) is 4.98 Å². The number of fused-ring (bicyclic) bond motifs is 1. The van der Waals surface area contributed by atoms with Crippen LogP contribution in [0.5, 0.6) is 0 Å². The Kier molecular flexibility index (Phi) is 21.0. The van der Waals surface area contributed by atoms with Gasteiger partial charge >= 0.3 is 0 Å². The van der Waals surface area contributed by atoms with Crippen LogP contribution in [0.25, 0.3) is 10.9 Å². The molecule has 2 atom stereocenters. The summed E-state index contributed by atoms with van der Waals surface area (Å²) < 4.78 is 0. The Morgan fingerprint density at radius 3 is 2.27 bits per heavy atom. The first kappa shape index (κ1) is 32.9. The van der Waals surface area contributed by atoms with Crippen molar-refractivity contribution in [2.75, 3.05) is 32.5 Å². The first-order valence-corrected chi connectivity index (χ1v) is 9.20. The van der Waals surface area contributed by atoms with E-state index < -0.39 is 0 Å². The third kappa shape index (κ3) is 10.3. The van der Waals surface area contributed by atoms with Gasteiger partial charge in [0.15, 0.2) is 6.20 Å². The average Bonchev–Trinajstić information content (AvgIpc) is 3.17. The van der Waals surface area contributed by atoms with E-state index in [1.807, 2.05) is 18.3 Å². The van der Waals surface area contributed by atoms with E-state index in [1.165, 1.54) is 36.9 Å². The molecule has 1 aromatic carbocycles. The van der Waals surface area contributed by atoms with Crippen molar-refractivity contribution in [2.24, 2.45) is 11.8 Å². The fourth-order valence-electron chi connectivity index (χ4n) is 3.66. The molecule has 1 aromatic heterocycles. The molecule has 1 aliphatic carbocycles. The molecule has 2 unspecified atom stereocenters. The number of nitrogens with one attached hydrogen (secondary N) is 2. The number of pyridine rings is 1. The first-order valence-electron chi connectivity index (χ1n) is 8.83. The molecule has 2 aromatic rings. The van der Waals surface area contributed by atoms with E-state index >= 15 is 0 Å². The predicted molar refractivity (Wildman–Crippen MR) is 120 cm³/mol. The minimum absolute atomic E-state index is 0. The topological polar surface area (TPSA) is 80.6 Å². The molecule has 0 saturated heterocycles. The van der Waals surface area contributed by atoms with Gasteiger partial charge in [0.25, 0.3) is 0 Å². The summed E-state index contributed by atoms with van der Waals surface area (Å²) in [7, 11) is 4.35. The Morgan fingerprint density at radius 2 is 1.67 bits per heavy atom. The fraction of sp³-hybridized carbons (Fsp3) is 0.409. The number of halogens is 1. The molecular formula is C22H31ClMnN3O3-3. The smallest absolute Gasteiger partial charge is 0.214 e. The Balaban J connectivity index is -0.000000839. The van der Waals surface area contributed by atoms with Crippen LogP contribution in [0.1, 0.15) is 19.3 Å². The number of H-pyrrole nitrogens is 1. The summed E-state index contributed by atoms with van der Waals surface area (Å²) in [5.74, 6) is 1.59. The van der Waals surface area contributed by atoms with Crippen molar-refractivity contribution >= 4 is 48.6 Å². The zero-order valence-corrected chi connectivity index (χ0v) is 19.7. The summed E-state index contributed by atoms with van der Waals surface area (Å²) in [5.41, 5.74) is 2.27. The molecule has 169 valence electrons. The van der Waals surface area contributed by atoms with E-state index in [4.69, 9.17) is 26.0 Å². The molecule has 3 rings (SSSR count). The number of carbonyl (C=O) groups excluding carboxylic acids is 3. The van der Waals surface area contributed by atoms with Crippen molar-refractivity contribution in [1.29, 1.82) is 0 Å². The molecule has 6 nitrogen and oxygen atoms in total. The molecule has 1 radical (unpaired) electrons. The standard InChI is InChI=1S/C18H24ClN3.3CHO.CH3.Mn/c1-22(2)12-14-5-3-4-13(14)11-21-17-8-9-20-18-10-15(19)6-7-16(17)18;3*1-2;;/h6-10,13-14H,3-5,11-12H2,1-2H3,(H,20,21);3*1H;1H3;/q;4*-1;/p+1. The zero-order chi connectivity index (χ0) is 21.5. The maximum atomic E-state index is 7.75. The third-order valence-electron chi connectivity index (χ3n) is 4.73. The van der Waals surface area contributed by atoms with Crippen LogP contribution in [0.3, 0.4) is 0 Å². The number of aromatic nitrogens is 1. The number of benzene rings is 1. The van der Waals surface area contributed by atoms with E-state index in [0.717, 1.165) is 28.9 Å². The summed E-state index contributed by atoms with van der Waals surface area (Å²) in [6, 6.07) is 8.13. The molecule has 1 heterocycles. The molecule has 1 saturated carbocycles. The SMILES string of the molecule is CN(C)CC1CCCC1CNc1cc[nH+]c2cc(Cl)ccc12.[CH-]=O.[CH-]=O.[CH-]=O.[CH3-].[Mn]. The van der Waals surface area contributed by atoms with Gasteiger partial charge in [0.2, 0.25) is 5.52 Å². The van der Waals surface area contributed by atoms with Crippen LogP contribution in [0, 0.1) is 19.3 Å². The van der Waals surface area contributed by atoms with Gasteiger partial charge in [0, 0.05) is 47.3 Å². The van der Waals surface area contributed by atoms with Crippen molar-refractivity contribution in [3.63, 3.8) is 0 Å². The van der Waals surface area contributed by atoms with Crippen molar-refractivity contribution in [2.45, 2.75) is 19.3 Å². The second-order valence-electron chi connectivity index (χ2n) is 6.68. The Labute approximate surface area is 196 Å². The summed E-state index contributed by atoms with van der Waals surface area (Å²) in [4.78, 5) is 28.8. The Hall–Kier alpha value is -1.79. The summed E-state index contributed by atoms with van der Waals surface area (Å²) >= 11 is 6.07. The van der Waals surface area contributed by atoms with Crippen molar-refractivity contribution in [1.82, 2.24) is 4.90 Å². The van der Waals surface area contributed by atoms with Gasteiger partial charge in [-0.3, -0.25) is 20.4 Å². The molecule has 1 aliphatic rings.